The Balaban J connectivity index is 2.37. The van der Waals surface area contributed by atoms with Gasteiger partial charge in [0, 0.05) is 27.3 Å². The van der Waals surface area contributed by atoms with E-state index in [-0.39, 0.29) is 5.91 Å². The fraction of sp³-hybridized carbons (Fsp3) is 0.500. The van der Waals surface area contributed by atoms with Crippen molar-refractivity contribution in [2.75, 3.05) is 27.3 Å². The highest BCUT2D eigenvalue weighted by atomic mass is 32.1. The van der Waals surface area contributed by atoms with Gasteiger partial charge in [0.15, 0.2) is 0 Å². The summed E-state index contributed by atoms with van der Waals surface area (Å²) in [6.07, 6.45) is 0.879. The summed E-state index contributed by atoms with van der Waals surface area (Å²) in [5.74, 6) is 0.0936. The summed E-state index contributed by atoms with van der Waals surface area (Å²) < 4.78 is 4.93. The zero-order valence-corrected chi connectivity index (χ0v) is 9.34. The predicted octanol–water partition coefficient (Wildman–Crippen LogP) is 1.86. The number of thiophene rings is 1. The molecule has 0 N–H and O–H groups in total. The maximum absolute atomic E-state index is 11.7. The van der Waals surface area contributed by atoms with Gasteiger partial charge in [0.05, 0.1) is 4.88 Å². The van der Waals surface area contributed by atoms with E-state index in [2.05, 4.69) is 0 Å². The highest BCUT2D eigenvalue weighted by Crippen LogP contribution is 2.10. The van der Waals surface area contributed by atoms with Crippen LogP contribution < -0.4 is 0 Å². The second kappa shape index (κ2) is 5.78. The van der Waals surface area contributed by atoms with Crippen LogP contribution in [0.25, 0.3) is 0 Å². The minimum Gasteiger partial charge on any atom is -0.385 e. The molecule has 0 atom stereocenters. The average Bonchev–Trinajstić information content (AvgIpc) is 2.69. The summed E-state index contributed by atoms with van der Waals surface area (Å²) in [6.45, 7) is 1.44. The summed E-state index contributed by atoms with van der Waals surface area (Å²) in [4.78, 5) is 14.2. The van der Waals surface area contributed by atoms with Crippen molar-refractivity contribution >= 4 is 17.2 Å². The molecule has 1 amide bonds. The molecular formula is C10H15NO2S. The average molecular weight is 213 g/mol. The first-order chi connectivity index (χ1) is 6.75. The quantitative estimate of drug-likeness (QED) is 0.699. The zero-order chi connectivity index (χ0) is 10.4. The van der Waals surface area contributed by atoms with Crippen LogP contribution >= 0.6 is 11.3 Å². The van der Waals surface area contributed by atoms with Crippen molar-refractivity contribution in [2.45, 2.75) is 6.42 Å². The van der Waals surface area contributed by atoms with Gasteiger partial charge >= 0.3 is 0 Å². The smallest absolute Gasteiger partial charge is 0.263 e. The van der Waals surface area contributed by atoms with Gasteiger partial charge in [-0.3, -0.25) is 4.79 Å². The minimum atomic E-state index is 0.0936. The fourth-order valence-corrected chi connectivity index (χ4v) is 1.85. The van der Waals surface area contributed by atoms with E-state index in [0.717, 1.165) is 17.8 Å². The molecule has 0 aromatic carbocycles. The topological polar surface area (TPSA) is 29.5 Å². The maximum atomic E-state index is 11.7. The van der Waals surface area contributed by atoms with Gasteiger partial charge in [-0.25, -0.2) is 0 Å². The van der Waals surface area contributed by atoms with E-state index in [1.54, 1.807) is 12.0 Å². The van der Waals surface area contributed by atoms with E-state index in [9.17, 15) is 4.79 Å². The molecule has 0 fully saturated rings. The van der Waals surface area contributed by atoms with Crippen LogP contribution in [0.5, 0.6) is 0 Å². The Morgan fingerprint density at radius 3 is 3.00 bits per heavy atom. The summed E-state index contributed by atoms with van der Waals surface area (Å²) in [5.41, 5.74) is 0. The third-order valence-electron chi connectivity index (χ3n) is 1.92. The summed E-state index contributed by atoms with van der Waals surface area (Å²) in [6, 6.07) is 3.74. The molecule has 0 saturated carbocycles. The molecule has 1 aromatic heterocycles. The zero-order valence-electron chi connectivity index (χ0n) is 8.53. The van der Waals surface area contributed by atoms with Crippen molar-refractivity contribution in [3.63, 3.8) is 0 Å². The molecule has 0 radical (unpaired) electrons. The van der Waals surface area contributed by atoms with Crippen LogP contribution in [0.1, 0.15) is 16.1 Å². The molecule has 0 unspecified atom stereocenters. The molecule has 3 nitrogen and oxygen atoms in total. The number of rotatable bonds is 5. The number of amides is 1. The van der Waals surface area contributed by atoms with Crippen molar-refractivity contribution in [1.29, 1.82) is 0 Å². The van der Waals surface area contributed by atoms with E-state index in [1.165, 1.54) is 11.3 Å². The van der Waals surface area contributed by atoms with Crippen LogP contribution in [0.15, 0.2) is 17.5 Å². The lowest BCUT2D eigenvalue weighted by Gasteiger charge is -2.15. The first-order valence-corrected chi connectivity index (χ1v) is 5.41. The monoisotopic (exact) mass is 213 g/mol. The van der Waals surface area contributed by atoms with Crippen molar-refractivity contribution in [1.82, 2.24) is 4.90 Å². The van der Waals surface area contributed by atoms with Gasteiger partial charge in [0.25, 0.3) is 5.91 Å². The van der Waals surface area contributed by atoms with E-state index in [1.807, 2.05) is 24.6 Å². The standard InChI is InChI=1S/C10H15NO2S/c1-11(6-4-7-13-2)10(12)9-5-3-8-14-9/h3,5,8H,4,6-7H2,1-2H3. The van der Waals surface area contributed by atoms with Crippen molar-refractivity contribution < 1.29 is 9.53 Å². The Hall–Kier alpha value is -0.870. The number of hydrogen-bond donors (Lipinski definition) is 0. The van der Waals surface area contributed by atoms with E-state index < -0.39 is 0 Å². The molecule has 0 aliphatic heterocycles. The highest BCUT2D eigenvalue weighted by Gasteiger charge is 2.11. The SMILES string of the molecule is COCCCN(C)C(=O)c1cccs1. The fourth-order valence-electron chi connectivity index (χ4n) is 1.14. The molecule has 0 aliphatic rings. The molecule has 78 valence electrons. The van der Waals surface area contributed by atoms with Gasteiger partial charge in [0.1, 0.15) is 0 Å². The molecule has 1 aromatic rings. The Labute approximate surface area is 88.3 Å². The molecular weight excluding hydrogens is 198 g/mol. The number of methoxy groups -OCH3 is 1. The molecule has 1 rings (SSSR count). The van der Waals surface area contributed by atoms with Crippen LogP contribution in [0.4, 0.5) is 0 Å². The van der Waals surface area contributed by atoms with Crippen molar-refractivity contribution in [3.8, 4) is 0 Å². The Bertz CT molecular complexity index is 272. The normalized spacial score (nSPS) is 10.1. The van der Waals surface area contributed by atoms with Gasteiger partial charge in [-0.05, 0) is 17.9 Å². The summed E-state index contributed by atoms with van der Waals surface area (Å²) >= 11 is 1.48. The number of ether oxygens (including phenoxy) is 1. The second-order valence-electron chi connectivity index (χ2n) is 3.05. The number of hydrogen-bond acceptors (Lipinski definition) is 3. The van der Waals surface area contributed by atoms with E-state index in [4.69, 9.17) is 4.74 Å². The highest BCUT2D eigenvalue weighted by molar-refractivity contribution is 7.12. The Morgan fingerprint density at radius 2 is 2.43 bits per heavy atom. The molecule has 1 heterocycles. The van der Waals surface area contributed by atoms with E-state index in [0.29, 0.717) is 6.61 Å². The second-order valence-corrected chi connectivity index (χ2v) is 4.00. The molecule has 4 heteroatoms. The summed E-state index contributed by atoms with van der Waals surface area (Å²) in [5, 5.41) is 1.91. The third kappa shape index (κ3) is 3.12. The Morgan fingerprint density at radius 1 is 1.64 bits per heavy atom. The van der Waals surface area contributed by atoms with Gasteiger partial charge < -0.3 is 9.64 Å². The summed E-state index contributed by atoms with van der Waals surface area (Å²) in [7, 11) is 3.48. The lowest BCUT2D eigenvalue weighted by Crippen LogP contribution is -2.27. The van der Waals surface area contributed by atoms with Gasteiger partial charge in [-0.1, -0.05) is 6.07 Å². The number of nitrogens with zero attached hydrogens (tertiary/aromatic N) is 1. The molecule has 0 saturated heterocycles. The Kier molecular flexibility index (Phi) is 4.62. The molecule has 0 aliphatic carbocycles. The minimum absolute atomic E-state index is 0.0936. The lowest BCUT2D eigenvalue weighted by molar-refractivity contribution is 0.0784. The number of carbonyl (C=O) groups excluding carboxylic acids is 1. The first-order valence-electron chi connectivity index (χ1n) is 4.53. The van der Waals surface area contributed by atoms with Crippen molar-refractivity contribution in [2.24, 2.45) is 0 Å². The number of carbonyl (C=O) groups is 1. The molecule has 0 bridgehead atoms. The lowest BCUT2D eigenvalue weighted by atomic mass is 10.3. The molecule has 14 heavy (non-hydrogen) atoms. The molecule has 0 spiro atoms. The van der Waals surface area contributed by atoms with Gasteiger partial charge in [0.2, 0.25) is 0 Å². The van der Waals surface area contributed by atoms with E-state index >= 15 is 0 Å². The van der Waals surface area contributed by atoms with Crippen LogP contribution in [0, 0.1) is 0 Å². The van der Waals surface area contributed by atoms with Crippen LogP contribution in [0.2, 0.25) is 0 Å². The van der Waals surface area contributed by atoms with Crippen LogP contribution in [0.3, 0.4) is 0 Å². The first kappa shape index (κ1) is 11.2. The van der Waals surface area contributed by atoms with Crippen LogP contribution in [-0.2, 0) is 4.74 Å². The van der Waals surface area contributed by atoms with Crippen molar-refractivity contribution in [3.05, 3.63) is 22.4 Å². The maximum Gasteiger partial charge on any atom is 0.263 e. The largest absolute Gasteiger partial charge is 0.385 e. The van der Waals surface area contributed by atoms with Gasteiger partial charge in [-0.15, -0.1) is 11.3 Å². The van der Waals surface area contributed by atoms with Gasteiger partial charge in [-0.2, -0.15) is 0 Å². The third-order valence-corrected chi connectivity index (χ3v) is 2.78. The van der Waals surface area contributed by atoms with Crippen LogP contribution in [-0.4, -0.2) is 38.1 Å². The predicted molar refractivity (Wildman–Crippen MR) is 57.8 cm³/mol.